The average molecular weight is 355 g/mol. The molecule has 0 spiro atoms. The summed E-state index contributed by atoms with van der Waals surface area (Å²) in [6.07, 6.45) is 2.15. The second-order valence-corrected chi connectivity index (χ2v) is 6.39. The zero-order valence-corrected chi connectivity index (χ0v) is 14.5. The second kappa shape index (κ2) is 6.92. The molecule has 4 nitrogen and oxygen atoms in total. The van der Waals surface area contributed by atoms with Crippen LogP contribution in [0, 0.1) is 0 Å². The van der Waals surface area contributed by atoms with Gasteiger partial charge in [-0.15, -0.1) is 0 Å². The minimum atomic E-state index is -1.21. The number of pyridine rings is 2. The summed E-state index contributed by atoms with van der Waals surface area (Å²) in [5, 5.41) is 9.36. The largest absolute Gasteiger partial charge is 0.477 e. The Morgan fingerprint density at radius 3 is 2.22 bits per heavy atom. The number of carbonyl (C=O) groups is 1. The van der Waals surface area contributed by atoms with Gasteiger partial charge in [0.05, 0.1) is 5.52 Å². The molecule has 0 saturated carbocycles. The van der Waals surface area contributed by atoms with Crippen LogP contribution < -0.4 is 5.56 Å². The zero-order chi connectivity index (χ0) is 18.8. The third-order valence-electron chi connectivity index (χ3n) is 4.64. The Kier molecular flexibility index (Phi) is 4.30. The van der Waals surface area contributed by atoms with Gasteiger partial charge in [-0.05, 0) is 46.9 Å². The van der Waals surface area contributed by atoms with E-state index in [2.05, 4.69) is 24.3 Å². The topological polar surface area (TPSA) is 58.8 Å². The van der Waals surface area contributed by atoms with Crippen LogP contribution in [0.15, 0.2) is 89.9 Å². The van der Waals surface area contributed by atoms with Crippen LogP contribution in [-0.4, -0.2) is 15.5 Å². The highest BCUT2D eigenvalue weighted by molar-refractivity contribution is 5.88. The minimum Gasteiger partial charge on any atom is -0.477 e. The highest BCUT2D eigenvalue weighted by Gasteiger charge is 2.14. The lowest BCUT2D eigenvalue weighted by Gasteiger charge is -2.10. The number of hydrogen-bond acceptors (Lipinski definition) is 2. The van der Waals surface area contributed by atoms with E-state index in [0.29, 0.717) is 6.42 Å². The van der Waals surface area contributed by atoms with Gasteiger partial charge in [-0.25, -0.2) is 4.79 Å². The summed E-state index contributed by atoms with van der Waals surface area (Å²) in [7, 11) is 0. The highest BCUT2D eigenvalue weighted by Crippen LogP contribution is 2.21. The van der Waals surface area contributed by atoms with Gasteiger partial charge in [0.25, 0.3) is 5.56 Å². The van der Waals surface area contributed by atoms with Crippen molar-refractivity contribution in [1.82, 2.24) is 4.40 Å². The normalized spacial score (nSPS) is 10.8. The van der Waals surface area contributed by atoms with Crippen molar-refractivity contribution >= 4 is 11.5 Å². The maximum absolute atomic E-state index is 12.4. The van der Waals surface area contributed by atoms with Crippen molar-refractivity contribution in [2.75, 3.05) is 0 Å². The van der Waals surface area contributed by atoms with E-state index in [1.54, 1.807) is 12.3 Å². The molecule has 4 rings (SSSR count). The van der Waals surface area contributed by atoms with E-state index in [4.69, 9.17) is 0 Å². The molecule has 2 aromatic carbocycles. The van der Waals surface area contributed by atoms with Crippen molar-refractivity contribution in [3.05, 3.63) is 112 Å². The molecule has 0 bridgehead atoms. The number of carboxylic acid groups (broad SMARTS) is 1. The van der Waals surface area contributed by atoms with Crippen molar-refractivity contribution in [2.45, 2.75) is 6.42 Å². The van der Waals surface area contributed by atoms with Crippen LogP contribution in [0.1, 0.15) is 21.5 Å². The number of aromatic carboxylic acids is 1. The van der Waals surface area contributed by atoms with E-state index < -0.39 is 11.5 Å². The third kappa shape index (κ3) is 3.25. The first kappa shape index (κ1) is 16.8. The van der Waals surface area contributed by atoms with E-state index in [1.165, 1.54) is 10.5 Å². The first-order valence-electron chi connectivity index (χ1n) is 8.64. The molecule has 0 aliphatic rings. The second-order valence-electron chi connectivity index (χ2n) is 6.39. The smallest absolute Gasteiger partial charge is 0.341 e. The molecular formula is C23H17NO3. The first-order chi connectivity index (χ1) is 13.1. The number of carboxylic acids is 1. The van der Waals surface area contributed by atoms with Gasteiger partial charge in [-0.1, -0.05) is 60.7 Å². The maximum atomic E-state index is 12.4. The molecule has 2 aromatic heterocycles. The van der Waals surface area contributed by atoms with Gasteiger partial charge >= 0.3 is 5.97 Å². The van der Waals surface area contributed by atoms with Gasteiger partial charge < -0.3 is 5.11 Å². The molecule has 0 amide bonds. The van der Waals surface area contributed by atoms with Gasteiger partial charge in [0, 0.05) is 6.20 Å². The fourth-order valence-corrected chi connectivity index (χ4v) is 3.28. The van der Waals surface area contributed by atoms with Crippen molar-refractivity contribution in [2.24, 2.45) is 0 Å². The Hall–Kier alpha value is -3.66. The maximum Gasteiger partial charge on any atom is 0.341 e. The third-order valence-corrected chi connectivity index (χ3v) is 4.64. The molecule has 0 radical (unpaired) electrons. The molecule has 132 valence electrons. The predicted molar refractivity (Wildman–Crippen MR) is 105 cm³/mol. The van der Waals surface area contributed by atoms with Crippen molar-refractivity contribution in [1.29, 1.82) is 0 Å². The van der Waals surface area contributed by atoms with E-state index in [9.17, 15) is 14.7 Å². The van der Waals surface area contributed by atoms with Crippen LogP contribution in [0.3, 0.4) is 0 Å². The summed E-state index contributed by atoms with van der Waals surface area (Å²) in [5.41, 5.74) is 4.12. The SMILES string of the molecule is O=C(O)c1cc(Cc2ccc(-c3ccccc3)cc2)c2ccccn2c1=O. The van der Waals surface area contributed by atoms with Crippen LogP contribution in [0.25, 0.3) is 16.6 Å². The number of fused-ring (bicyclic) bond motifs is 1. The monoisotopic (exact) mass is 355 g/mol. The summed E-state index contributed by atoms with van der Waals surface area (Å²) in [6.45, 7) is 0. The molecule has 0 saturated heterocycles. The molecule has 0 aliphatic carbocycles. The van der Waals surface area contributed by atoms with Crippen molar-refractivity contribution in [3.63, 3.8) is 0 Å². The number of rotatable bonds is 4. The van der Waals surface area contributed by atoms with Crippen molar-refractivity contribution in [3.8, 4) is 11.1 Å². The van der Waals surface area contributed by atoms with Gasteiger partial charge in [0.2, 0.25) is 0 Å². The average Bonchev–Trinajstić information content (AvgIpc) is 2.71. The summed E-state index contributed by atoms with van der Waals surface area (Å²) in [4.78, 5) is 23.8. The van der Waals surface area contributed by atoms with E-state index in [-0.39, 0.29) is 5.56 Å². The summed E-state index contributed by atoms with van der Waals surface area (Å²) < 4.78 is 1.40. The van der Waals surface area contributed by atoms with E-state index >= 15 is 0 Å². The molecule has 1 N–H and O–H groups in total. The van der Waals surface area contributed by atoms with E-state index in [1.807, 2.05) is 42.5 Å². The molecule has 2 heterocycles. The lowest BCUT2D eigenvalue weighted by atomic mass is 9.99. The minimum absolute atomic E-state index is 0.213. The standard InChI is InChI=1S/C23H17NO3/c25-22-20(23(26)27)15-19(21-8-4-5-13-24(21)22)14-16-9-11-18(12-10-16)17-6-2-1-3-7-17/h1-13,15H,14H2,(H,26,27). The Morgan fingerprint density at radius 1 is 0.852 bits per heavy atom. The summed E-state index contributed by atoms with van der Waals surface area (Å²) in [5.74, 6) is -1.21. The van der Waals surface area contributed by atoms with Gasteiger partial charge in [0.1, 0.15) is 5.56 Å². The van der Waals surface area contributed by atoms with Gasteiger partial charge in [-0.2, -0.15) is 0 Å². The molecule has 4 aromatic rings. The van der Waals surface area contributed by atoms with Gasteiger partial charge in [-0.3, -0.25) is 9.20 Å². The molecule has 0 atom stereocenters. The quantitative estimate of drug-likeness (QED) is 0.595. The number of nitrogens with zero attached hydrogens (tertiary/aromatic N) is 1. The lowest BCUT2D eigenvalue weighted by Crippen LogP contribution is -2.22. The van der Waals surface area contributed by atoms with Crippen LogP contribution in [0.5, 0.6) is 0 Å². The molecule has 27 heavy (non-hydrogen) atoms. The first-order valence-corrected chi connectivity index (χ1v) is 8.64. The lowest BCUT2D eigenvalue weighted by molar-refractivity contribution is 0.0694. The Labute approximate surface area is 156 Å². The van der Waals surface area contributed by atoms with Crippen LogP contribution >= 0.6 is 0 Å². The molecular weight excluding hydrogens is 338 g/mol. The van der Waals surface area contributed by atoms with Crippen LogP contribution in [0.2, 0.25) is 0 Å². The Bertz CT molecular complexity index is 1180. The number of benzene rings is 2. The van der Waals surface area contributed by atoms with Crippen molar-refractivity contribution < 1.29 is 9.90 Å². The molecule has 0 unspecified atom stereocenters. The molecule has 0 fully saturated rings. The number of aromatic nitrogens is 1. The van der Waals surface area contributed by atoms with Gasteiger partial charge in [0.15, 0.2) is 0 Å². The highest BCUT2D eigenvalue weighted by atomic mass is 16.4. The zero-order valence-electron chi connectivity index (χ0n) is 14.5. The summed E-state index contributed by atoms with van der Waals surface area (Å²) in [6, 6.07) is 25.2. The fourth-order valence-electron chi connectivity index (χ4n) is 3.28. The predicted octanol–water partition coefficient (Wildman–Crippen LogP) is 4.26. The summed E-state index contributed by atoms with van der Waals surface area (Å²) >= 11 is 0. The van der Waals surface area contributed by atoms with Crippen LogP contribution in [-0.2, 0) is 6.42 Å². The fraction of sp³-hybridized carbons (Fsp3) is 0.0435. The number of hydrogen-bond donors (Lipinski definition) is 1. The molecule has 0 aliphatic heterocycles. The van der Waals surface area contributed by atoms with E-state index in [0.717, 1.165) is 27.8 Å². The molecule has 4 heteroatoms. The van der Waals surface area contributed by atoms with Crippen LogP contribution in [0.4, 0.5) is 0 Å². The Balaban J connectivity index is 1.74. The Morgan fingerprint density at radius 2 is 1.52 bits per heavy atom.